The summed E-state index contributed by atoms with van der Waals surface area (Å²) in [6.45, 7) is 2.48. The van der Waals surface area contributed by atoms with Crippen LogP contribution in [0.2, 0.25) is 5.15 Å². The highest BCUT2D eigenvalue weighted by Gasteiger charge is 2.28. The van der Waals surface area contributed by atoms with Gasteiger partial charge < -0.3 is 4.90 Å². The van der Waals surface area contributed by atoms with Crippen molar-refractivity contribution in [2.24, 2.45) is 0 Å². The summed E-state index contributed by atoms with van der Waals surface area (Å²) < 4.78 is 0. The summed E-state index contributed by atoms with van der Waals surface area (Å²) in [5, 5.41) is 1.49. The summed E-state index contributed by atoms with van der Waals surface area (Å²) in [5.41, 5.74) is 3.27. The molecule has 1 aromatic carbocycles. The molecule has 5 nitrogen and oxygen atoms in total. The van der Waals surface area contributed by atoms with Crippen molar-refractivity contribution in [2.75, 3.05) is 0 Å². The number of fused-ring (bicyclic) bond motifs is 1. The van der Waals surface area contributed by atoms with Gasteiger partial charge in [0.1, 0.15) is 10.8 Å². The Hall–Kier alpha value is -2.53. The van der Waals surface area contributed by atoms with Crippen LogP contribution in [-0.4, -0.2) is 31.8 Å². The van der Waals surface area contributed by atoms with Gasteiger partial charge in [0.05, 0.1) is 11.7 Å². The Morgan fingerprint density at radius 3 is 2.75 bits per heavy atom. The lowest BCUT2D eigenvalue weighted by molar-refractivity contribution is 0.0607. The third-order valence-electron chi connectivity index (χ3n) is 5.40. The van der Waals surface area contributed by atoms with Crippen LogP contribution < -0.4 is 0 Å². The van der Waals surface area contributed by atoms with Crippen LogP contribution in [0.25, 0.3) is 10.9 Å². The molecule has 1 saturated carbocycles. The van der Waals surface area contributed by atoms with Crippen LogP contribution in [-0.2, 0) is 6.54 Å². The van der Waals surface area contributed by atoms with Crippen LogP contribution in [0, 0.1) is 6.92 Å². The standard InChI is InChI=1S/C22H23ClN4O/c1-15-7-8-19-16(11-15)12-17(21(23)26-19)14-27(18-5-3-2-4-6-18)22(28)20-13-24-9-10-25-20/h7-13,18H,2-6,14H2,1H3. The summed E-state index contributed by atoms with van der Waals surface area (Å²) in [7, 11) is 0. The molecule has 0 unspecified atom stereocenters. The van der Waals surface area contributed by atoms with Crippen molar-refractivity contribution < 1.29 is 4.79 Å². The smallest absolute Gasteiger partial charge is 0.274 e. The number of hydrogen-bond acceptors (Lipinski definition) is 4. The molecule has 2 aromatic heterocycles. The average Bonchev–Trinajstić information content (AvgIpc) is 2.73. The minimum absolute atomic E-state index is 0.0968. The van der Waals surface area contributed by atoms with Crippen LogP contribution >= 0.6 is 11.6 Å². The monoisotopic (exact) mass is 394 g/mol. The molecule has 4 rings (SSSR count). The summed E-state index contributed by atoms with van der Waals surface area (Å²) in [6, 6.07) is 8.34. The van der Waals surface area contributed by atoms with Crippen molar-refractivity contribution in [3.63, 3.8) is 0 Å². The van der Waals surface area contributed by atoms with E-state index in [4.69, 9.17) is 11.6 Å². The van der Waals surface area contributed by atoms with Crippen molar-refractivity contribution in [1.82, 2.24) is 19.9 Å². The van der Waals surface area contributed by atoms with E-state index in [-0.39, 0.29) is 11.9 Å². The fourth-order valence-corrected chi connectivity index (χ4v) is 4.13. The van der Waals surface area contributed by atoms with E-state index >= 15 is 0 Å². The quantitative estimate of drug-likeness (QED) is 0.586. The van der Waals surface area contributed by atoms with E-state index in [0.717, 1.165) is 42.1 Å². The molecule has 0 aliphatic heterocycles. The highest BCUT2D eigenvalue weighted by Crippen LogP contribution is 2.28. The second-order valence-electron chi connectivity index (χ2n) is 7.45. The summed E-state index contributed by atoms with van der Waals surface area (Å²) >= 11 is 6.50. The molecular formula is C22H23ClN4O. The van der Waals surface area contributed by atoms with Gasteiger partial charge in [-0.1, -0.05) is 42.5 Å². The number of aryl methyl sites for hydroxylation is 1. The highest BCUT2D eigenvalue weighted by atomic mass is 35.5. The SMILES string of the molecule is Cc1ccc2nc(Cl)c(CN(C(=O)c3cnccn3)C3CCCCC3)cc2c1. The molecule has 0 saturated heterocycles. The summed E-state index contributed by atoms with van der Waals surface area (Å²) in [6.07, 6.45) is 10.2. The Morgan fingerprint density at radius 2 is 2.00 bits per heavy atom. The van der Waals surface area contributed by atoms with E-state index < -0.39 is 0 Å². The Labute approximate surface area is 169 Å². The molecule has 0 atom stereocenters. The van der Waals surface area contributed by atoms with Gasteiger partial charge in [-0.25, -0.2) is 9.97 Å². The lowest BCUT2D eigenvalue weighted by Crippen LogP contribution is -2.41. The predicted octanol–water partition coefficient (Wildman–Crippen LogP) is 4.96. The number of amides is 1. The molecule has 6 heteroatoms. The average molecular weight is 395 g/mol. The molecule has 0 bridgehead atoms. The lowest BCUT2D eigenvalue weighted by Gasteiger charge is -2.34. The van der Waals surface area contributed by atoms with Gasteiger partial charge in [-0.3, -0.25) is 9.78 Å². The van der Waals surface area contributed by atoms with Crippen molar-refractivity contribution in [2.45, 2.75) is 51.6 Å². The molecular weight excluding hydrogens is 372 g/mol. The van der Waals surface area contributed by atoms with E-state index in [1.54, 1.807) is 12.4 Å². The molecule has 1 amide bonds. The van der Waals surface area contributed by atoms with Crippen LogP contribution in [0.15, 0.2) is 42.9 Å². The maximum atomic E-state index is 13.2. The van der Waals surface area contributed by atoms with Crippen molar-refractivity contribution in [1.29, 1.82) is 0 Å². The van der Waals surface area contributed by atoms with Crippen molar-refractivity contribution in [3.05, 3.63) is 64.8 Å². The van der Waals surface area contributed by atoms with Gasteiger partial charge in [0.25, 0.3) is 5.91 Å². The topological polar surface area (TPSA) is 59.0 Å². The van der Waals surface area contributed by atoms with Gasteiger partial charge in [-0.15, -0.1) is 0 Å². The van der Waals surface area contributed by atoms with Gasteiger partial charge in [-0.2, -0.15) is 0 Å². The molecule has 0 spiro atoms. The number of carbonyl (C=O) groups is 1. The Bertz CT molecular complexity index is 986. The zero-order chi connectivity index (χ0) is 19.5. The third kappa shape index (κ3) is 3.99. The highest BCUT2D eigenvalue weighted by molar-refractivity contribution is 6.30. The number of carbonyl (C=O) groups excluding carboxylic acids is 1. The first kappa shape index (κ1) is 18.8. The minimum Gasteiger partial charge on any atom is -0.330 e. The Morgan fingerprint density at radius 1 is 1.18 bits per heavy atom. The summed E-state index contributed by atoms with van der Waals surface area (Å²) in [4.78, 5) is 28.0. The number of rotatable bonds is 4. The maximum absolute atomic E-state index is 13.2. The lowest BCUT2D eigenvalue weighted by atomic mass is 9.93. The van der Waals surface area contributed by atoms with Crippen molar-refractivity contribution >= 4 is 28.4 Å². The molecule has 144 valence electrons. The van der Waals surface area contributed by atoms with Crippen molar-refractivity contribution in [3.8, 4) is 0 Å². The normalized spacial score (nSPS) is 14.9. The zero-order valence-corrected chi connectivity index (χ0v) is 16.7. The Kier molecular flexibility index (Phi) is 5.53. The number of aromatic nitrogens is 3. The number of nitrogens with zero attached hydrogens (tertiary/aromatic N) is 4. The van der Waals surface area contributed by atoms with Crippen LogP contribution in [0.1, 0.15) is 53.7 Å². The first-order valence-corrected chi connectivity index (χ1v) is 10.1. The second kappa shape index (κ2) is 8.23. The predicted molar refractivity (Wildman–Crippen MR) is 110 cm³/mol. The van der Waals surface area contributed by atoms with Crippen LogP contribution in [0.4, 0.5) is 0 Å². The molecule has 1 fully saturated rings. The second-order valence-corrected chi connectivity index (χ2v) is 7.81. The number of hydrogen-bond donors (Lipinski definition) is 0. The van der Waals surface area contributed by atoms with Gasteiger partial charge in [0.15, 0.2) is 0 Å². The van der Waals surface area contributed by atoms with E-state index in [2.05, 4.69) is 34.0 Å². The zero-order valence-electron chi connectivity index (χ0n) is 15.9. The fraction of sp³-hybridized carbons (Fsp3) is 0.364. The van der Waals surface area contributed by atoms with Gasteiger partial charge >= 0.3 is 0 Å². The molecule has 1 aliphatic carbocycles. The molecule has 1 aliphatic rings. The molecule has 28 heavy (non-hydrogen) atoms. The minimum atomic E-state index is -0.0968. The number of pyridine rings is 1. The van der Waals surface area contributed by atoms with Gasteiger partial charge in [-0.05, 0) is 38.0 Å². The van der Waals surface area contributed by atoms with E-state index in [0.29, 0.717) is 17.4 Å². The molecule has 2 heterocycles. The maximum Gasteiger partial charge on any atom is 0.274 e. The molecule has 3 aromatic rings. The number of benzene rings is 1. The summed E-state index contributed by atoms with van der Waals surface area (Å²) in [5.74, 6) is -0.0968. The van der Waals surface area contributed by atoms with Crippen LogP contribution in [0.5, 0.6) is 0 Å². The Balaban J connectivity index is 1.69. The van der Waals surface area contributed by atoms with E-state index in [1.165, 1.54) is 18.2 Å². The van der Waals surface area contributed by atoms with Crippen LogP contribution in [0.3, 0.4) is 0 Å². The first-order chi connectivity index (χ1) is 13.6. The third-order valence-corrected chi connectivity index (χ3v) is 5.72. The van der Waals surface area contributed by atoms with E-state index in [9.17, 15) is 4.79 Å². The molecule has 0 N–H and O–H groups in total. The fourth-order valence-electron chi connectivity index (χ4n) is 3.93. The number of halogens is 1. The largest absolute Gasteiger partial charge is 0.330 e. The molecule has 0 radical (unpaired) electrons. The van der Waals surface area contributed by atoms with Gasteiger partial charge in [0, 0.05) is 35.9 Å². The first-order valence-electron chi connectivity index (χ1n) is 9.74. The van der Waals surface area contributed by atoms with E-state index in [1.807, 2.05) is 17.0 Å². The van der Waals surface area contributed by atoms with Gasteiger partial charge in [0.2, 0.25) is 0 Å².